The van der Waals surface area contributed by atoms with Gasteiger partial charge in [-0.1, -0.05) is 6.07 Å². The summed E-state index contributed by atoms with van der Waals surface area (Å²) in [5.41, 5.74) is 0.247. The third-order valence-electron chi connectivity index (χ3n) is 4.99. The minimum Gasteiger partial charge on any atom is -0.493 e. The third kappa shape index (κ3) is 3.87. The maximum atomic E-state index is 13.7. The molecule has 0 unspecified atom stereocenters. The Morgan fingerprint density at radius 1 is 1.38 bits per heavy atom. The van der Waals surface area contributed by atoms with Crippen molar-refractivity contribution in [2.45, 2.75) is 25.3 Å². The van der Waals surface area contributed by atoms with Crippen molar-refractivity contribution in [3.8, 4) is 5.75 Å². The molecule has 3 rings (SSSR count). The molecule has 1 aromatic carbocycles. The van der Waals surface area contributed by atoms with Crippen molar-refractivity contribution in [1.82, 2.24) is 10.2 Å². The highest BCUT2D eigenvalue weighted by Crippen LogP contribution is 2.24. The van der Waals surface area contributed by atoms with Crippen LogP contribution < -0.4 is 10.1 Å². The Kier molecular flexibility index (Phi) is 5.68. The van der Waals surface area contributed by atoms with Crippen molar-refractivity contribution in [2.75, 3.05) is 40.0 Å². The zero-order valence-electron chi connectivity index (χ0n) is 14.1. The van der Waals surface area contributed by atoms with E-state index in [4.69, 9.17) is 9.47 Å². The summed E-state index contributed by atoms with van der Waals surface area (Å²) in [7, 11) is 1.37. The van der Waals surface area contributed by atoms with Gasteiger partial charge in [0.2, 0.25) is 0 Å². The zero-order chi connectivity index (χ0) is 16.9. The van der Waals surface area contributed by atoms with E-state index in [2.05, 4.69) is 10.2 Å². The number of carbonyl (C=O) groups excluding carboxylic acids is 1. The van der Waals surface area contributed by atoms with Crippen molar-refractivity contribution in [3.05, 3.63) is 29.6 Å². The maximum absolute atomic E-state index is 13.7. The molecule has 2 aliphatic heterocycles. The van der Waals surface area contributed by atoms with Gasteiger partial charge < -0.3 is 14.8 Å². The number of para-hydroxylation sites is 1. The lowest BCUT2D eigenvalue weighted by Crippen LogP contribution is -2.39. The highest BCUT2D eigenvalue weighted by Gasteiger charge is 2.29. The third-order valence-corrected chi connectivity index (χ3v) is 4.99. The fourth-order valence-corrected chi connectivity index (χ4v) is 3.64. The second kappa shape index (κ2) is 7.94. The molecule has 24 heavy (non-hydrogen) atoms. The molecule has 0 saturated carbocycles. The van der Waals surface area contributed by atoms with Gasteiger partial charge in [0.25, 0.3) is 5.91 Å². The van der Waals surface area contributed by atoms with Crippen molar-refractivity contribution < 1.29 is 18.7 Å². The van der Waals surface area contributed by atoms with E-state index in [1.54, 1.807) is 6.07 Å². The minimum absolute atomic E-state index is 0.00486. The average molecular weight is 336 g/mol. The summed E-state index contributed by atoms with van der Waals surface area (Å²) in [5.74, 6) is -0.353. The molecule has 2 aliphatic rings. The summed E-state index contributed by atoms with van der Waals surface area (Å²) in [6.45, 7) is 4.39. The SMILES string of the molecule is COc1c(F)cccc1C(=O)NC[C@H]1CCN(C2CCOCC2)C1. The highest BCUT2D eigenvalue weighted by molar-refractivity contribution is 5.96. The van der Waals surface area contributed by atoms with Gasteiger partial charge in [-0.25, -0.2) is 4.39 Å². The van der Waals surface area contributed by atoms with Gasteiger partial charge in [0.05, 0.1) is 12.7 Å². The summed E-state index contributed by atoms with van der Waals surface area (Å²) < 4.78 is 24.1. The normalized spacial score (nSPS) is 22.5. The van der Waals surface area contributed by atoms with E-state index in [1.807, 2.05) is 0 Å². The van der Waals surface area contributed by atoms with E-state index in [9.17, 15) is 9.18 Å². The van der Waals surface area contributed by atoms with Gasteiger partial charge >= 0.3 is 0 Å². The summed E-state index contributed by atoms with van der Waals surface area (Å²) in [4.78, 5) is 14.8. The fraction of sp³-hybridized carbons (Fsp3) is 0.611. The number of nitrogens with one attached hydrogen (secondary N) is 1. The van der Waals surface area contributed by atoms with E-state index in [-0.39, 0.29) is 17.2 Å². The van der Waals surface area contributed by atoms with Gasteiger partial charge in [-0.05, 0) is 43.9 Å². The number of carbonyl (C=O) groups is 1. The highest BCUT2D eigenvalue weighted by atomic mass is 19.1. The van der Waals surface area contributed by atoms with Crippen LogP contribution in [0.25, 0.3) is 0 Å². The first-order valence-corrected chi connectivity index (χ1v) is 8.61. The van der Waals surface area contributed by atoms with Crippen LogP contribution in [0.1, 0.15) is 29.6 Å². The number of rotatable bonds is 5. The minimum atomic E-state index is -0.517. The number of ether oxygens (including phenoxy) is 2. The predicted molar refractivity (Wildman–Crippen MR) is 88.8 cm³/mol. The molecule has 0 spiro atoms. The Bertz CT molecular complexity index is 575. The first-order chi connectivity index (χ1) is 11.7. The molecule has 2 heterocycles. The van der Waals surface area contributed by atoms with Crippen LogP contribution in [0.3, 0.4) is 0 Å². The lowest BCUT2D eigenvalue weighted by molar-refractivity contribution is 0.0411. The van der Waals surface area contributed by atoms with Crippen molar-refractivity contribution in [2.24, 2.45) is 5.92 Å². The standard InChI is InChI=1S/C18H25FN2O3/c1-23-17-15(3-2-4-16(17)19)18(22)20-11-13-5-8-21(12-13)14-6-9-24-10-7-14/h2-4,13-14H,5-12H2,1H3,(H,20,22)/t13-/m1/s1. The molecule has 2 fully saturated rings. The quantitative estimate of drug-likeness (QED) is 0.894. The number of hydrogen-bond acceptors (Lipinski definition) is 4. The molecule has 1 amide bonds. The van der Waals surface area contributed by atoms with Gasteiger partial charge in [-0.2, -0.15) is 0 Å². The van der Waals surface area contributed by atoms with Crippen molar-refractivity contribution >= 4 is 5.91 Å². The molecule has 132 valence electrons. The predicted octanol–water partition coefficient (Wildman–Crippen LogP) is 2.07. The van der Waals surface area contributed by atoms with Crippen LogP contribution in [0.4, 0.5) is 4.39 Å². The number of likely N-dealkylation sites (tertiary alicyclic amines) is 1. The van der Waals surface area contributed by atoms with Crippen LogP contribution >= 0.6 is 0 Å². The van der Waals surface area contributed by atoms with Gasteiger partial charge in [0.1, 0.15) is 0 Å². The van der Waals surface area contributed by atoms with Crippen molar-refractivity contribution in [1.29, 1.82) is 0 Å². The second-order valence-electron chi connectivity index (χ2n) is 6.52. The van der Waals surface area contributed by atoms with Gasteiger partial charge in [0.15, 0.2) is 11.6 Å². The average Bonchev–Trinajstić information content (AvgIpc) is 3.09. The van der Waals surface area contributed by atoms with Gasteiger partial charge in [-0.3, -0.25) is 9.69 Å². The molecule has 6 heteroatoms. The second-order valence-corrected chi connectivity index (χ2v) is 6.52. The zero-order valence-corrected chi connectivity index (χ0v) is 14.1. The van der Waals surface area contributed by atoms with Gasteiger partial charge in [-0.15, -0.1) is 0 Å². The monoisotopic (exact) mass is 336 g/mol. The molecule has 1 atom stereocenters. The van der Waals surface area contributed by atoms with Crippen LogP contribution in [-0.2, 0) is 4.74 Å². The summed E-state index contributed by atoms with van der Waals surface area (Å²) in [5, 5.41) is 2.93. The first-order valence-electron chi connectivity index (χ1n) is 8.61. The Balaban J connectivity index is 1.51. The van der Waals surface area contributed by atoms with Crippen LogP contribution in [0.5, 0.6) is 5.75 Å². The molecule has 5 nitrogen and oxygen atoms in total. The van der Waals surface area contributed by atoms with E-state index in [0.717, 1.165) is 45.6 Å². The van der Waals surface area contributed by atoms with Crippen LogP contribution in [0.15, 0.2) is 18.2 Å². The molecule has 0 radical (unpaired) electrons. The molecular weight excluding hydrogens is 311 g/mol. The molecule has 0 aromatic heterocycles. The van der Waals surface area contributed by atoms with Crippen LogP contribution in [0, 0.1) is 11.7 Å². The lowest BCUT2D eigenvalue weighted by Gasteiger charge is -2.31. The number of halogens is 1. The number of benzene rings is 1. The van der Waals surface area contributed by atoms with E-state index in [1.165, 1.54) is 19.2 Å². The molecule has 1 aromatic rings. The van der Waals surface area contributed by atoms with E-state index < -0.39 is 5.82 Å². The van der Waals surface area contributed by atoms with E-state index in [0.29, 0.717) is 18.5 Å². The number of amides is 1. The molecule has 1 N–H and O–H groups in total. The Morgan fingerprint density at radius 3 is 2.92 bits per heavy atom. The maximum Gasteiger partial charge on any atom is 0.255 e. The van der Waals surface area contributed by atoms with Crippen LogP contribution in [-0.4, -0.2) is 56.8 Å². The Labute approximate surface area is 142 Å². The number of nitrogens with zero attached hydrogens (tertiary/aromatic N) is 1. The summed E-state index contributed by atoms with van der Waals surface area (Å²) in [6, 6.07) is 5.01. The molecule has 0 aliphatic carbocycles. The smallest absolute Gasteiger partial charge is 0.255 e. The van der Waals surface area contributed by atoms with E-state index >= 15 is 0 Å². The topological polar surface area (TPSA) is 50.8 Å². The Morgan fingerprint density at radius 2 is 2.17 bits per heavy atom. The molecule has 0 bridgehead atoms. The number of methoxy groups -OCH3 is 1. The molecular formula is C18H25FN2O3. The van der Waals surface area contributed by atoms with Crippen molar-refractivity contribution in [3.63, 3.8) is 0 Å². The largest absolute Gasteiger partial charge is 0.493 e. The van der Waals surface area contributed by atoms with Gasteiger partial charge in [0, 0.05) is 32.3 Å². The number of hydrogen-bond donors (Lipinski definition) is 1. The fourth-order valence-electron chi connectivity index (χ4n) is 3.64. The molecule has 2 saturated heterocycles. The Hall–Kier alpha value is -1.66. The lowest BCUT2D eigenvalue weighted by atomic mass is 10.1. The summed E-state index contributed by atoms with van der Waals surface area (Å²) in [6.07, 6.45) is 3.27. The summed E-state index contributed by atoms with van der Waals surface area (Å²) >= 11 is 0. The first kappa shape index (κ1) is 17.2. The van der Waals surface area contributed by atoms with Crippen LogP contribution in [0.2, 0.25) is 0 Å².